The van der Waals surface area contributed by atoms with Crippen molar-refractivity contribution in [2.45, 2.75) is 37.0 Å². The third kappa shape index (κ3) is 5.17. The van der Waals surface area contributed by atoms with Gasteiger partial charge >= 0.3 is 5.97 Å². The van der Waals surface area contributed by atoms with Gasteiger partial charge in [-0.2, -0.15) is 8.42 Å². The number of hydrogen-bond donors (Lipinski definition) is 0. The first-order valence-corrected chi connectivity index (χ1v) is 11.8. The largest absolute Gasteiger partial charge is 0.453 e. The van der Waals surface area contributed by atoms with Gasteiger partial charge in [0.2, 0.25) is 0 Å². The number of ether oxygens (including phenoxy) is 5. The number of hydrogen-bond acceptors (Lipinski definition) is 9. The summed E-state index contributed by atoms with van der Waals surface area (Å²) in [5.74, 6) is -0.653. The summed E-state index contributed by atoms with van der Waals surface area (Å²) < 4.78 is 58.0. The second-order valence-corrected chi connectivity index (χ2v) is 9.06. The first-order valence-electron chi connectivity index (χ1n) is 10.0. The molecule has 0 radical (unpaired) electrons. The lowest BCUT2D eigenvalue weighted by Crippen LogP contribution is -2.64. The van der Waals surface area contributed by atoms with E-state index >= 15 is 0 Å². The maximum absolute atomic E-state index is 12.8. The molecule has 4 rings (SSSR count). The summed E-state index contributed by atoms with van der Waals surface area (Å²) in [5, 5.41) is 0. The molecule has 9 nitrogen and oxygen atoms in total. The zero-order valence-electron chi connectivity index (χ0n) is 17.5. The maximum Gasteiger partial charge on any atom is 0.338 e. The summed E-state index contributed by atoms with van der Waals surface area (Å²) in [5.41, 5.74) is 1.06. The van der Waals surface area contributed by atoms with Gasteiger partial charge in [0.15, 0.2) is 24.8 Å². The van der Waals surface area contributed by atoms with Crippen LogP contribution in [0.1, 0.15) is 22.2 Å². The van der Waals surface area contributed by atoms with Crippen molar-refractivity contribution in [3.05, 3.63) is 71.8 Å². The van der Waals surface area contributed by atoms with Gasteiger partial charge in [-0.15, -0.1) is 0 Å². The quantitative estimate of drug-likeness (QED) is 0.469. The van der Waals surface area contributed by atoms with Crippen molar-refractivity contribution in [2.75, 3.05) is 20.0 Å². The minimum atomic E-state index is -3.94. The number of carbonyl (C=O) groups is 1. The molecule has 2 aliphatic heterocycles. The fourth-order valence-electron chi connectivity index (χ4n) is 3.72. The summed E-state index contributed by atoms with van der Waals surface area (Å²) in [7, 11) is -2.60. The average Bonchev–Trinajstić information content (AvgIpc) is 2.80. The Balaban J connectivity index is 1.65. The number of carbonyl (C=O) groups excluding carboxylic acids is 1. The number of esters is 1. The fraction of sp³-hybridized carbons (Fsp3) is 0.409. The Labute approximate surface area is 186 Å². The third-order valence-corrected chi connectivity index (χ3v) is 5.70. The highest BCUT2D eigenvalue weighted by Crippen LogP contribution is 2.37. The van der Waals surface area contributed by atoms with Crippen LogP contribution in [-0.4, -0.2) is 65.1 Å². The van der Waals surface area contributed by atoms with Crippen LogP contribution in [0.25, 0.3) is 0 Å². The van der Waals surface area contributed by atoms with Crippen LogP contribution in [0.15, 0.2) is 60.7 Å². The first-order chi connectivity index (χ1) is 15.4. The molecule has 2 fully saturated rings. The summed E-state index contributed by atoms with van der Waals surface area (Å²) in [6.45, 7) is 0.120. The Morgan fingerprint density at radius 1 is 0.969 bits per heavy atom. The summed E-state index contributed by atoms with van der Waals surface area (Å²) in [4.78, 5) is 12.8. The van der Waals surface area contributed by atoms with Crippen LogP contribution < -0.4 is 0 Å². The number of rotatable bonds is 6. The van der Waals surface area contributed by atoms with Crippen molar-refractivity contribution in [1.82, 2.24) is 0 Å². The second-order valence-electron chi connectivity index (χ2n) is 7.46. The monoisotopic (exact) mass is 464 g/mol. The number of fused-ring (bicyclic) bond motifs is 1. The van der Waals surface area contributed by atoms with Crippen LogP contribution in [0, 0.1) is 0 Å². The highest BCUT2D eigenvalue weighted by atomic mass is 32.2. The van der Waals surface area contributed by atoms with Crippen molar-refractivity contribution in [1.29, 1.82) is 0 Å². The molecular weight excluding hydrogens is 440 g/mol. The molecule has 32 heavy (non-hydrogen) atoms. The van der Waals surface area contributed by atoms with E-state index in [1.807, 2.05) is 30.3 Å². The molecule has 2 aliphatic rings. The van der Waals surface area contributed by atoms with Gasteiger partial charge in [0.05, 0.1) is 18.4 Å². The molecule has 0 aliphatic carbocycles. The second kappa shape index (κ2) is 9.65. The number of benzene rings is 2. The van der Waals surface area contributed by atoms with Crippen molar-refractivity contribution in [3.8, 4) is 0 Å². The van der Waals surface area contributed by atoms with Gasteiger partial charge in [-0.25, -0.2) is 4.79 Å². The lowest BCUT2D eigenvalue weighted by atomic mass is 9.97. The van der Waals surface area contributed by atoms with Crippen LogP contribution in [0.2, 0.25) is 0 Å². The summed E-state index contributed by atoms with van der Waals surface area (Å²) in [6.07, 6.45) is -4.93. The van der Waals surface area contributed by atoms with Crippen molar-refractivity contribution in [3.63, 3.8) is 0 Å². The summed E-state index contributed by atoms with van der Waals surface area (Å²) >= 11 is 0. The minimum absolute atomic E-state index is 0.120. The van der Waals surface area contributed by atoms with Crippen LogP contribution >= 0.6 is 0 Å². The maximum atomic E-state index is 12.8. The standard InChI is InChI=1S/C22H24O9S/c1-26-22-19(31-32(2,24)25)18(29-20(23)14-9-5-3-6-10-14)17-16(28-22)13-27-21(30-17)15-11-7-4-8-12-15/h3-12,16-19,21-22H,13H2,1-2H3. The molecule has 0 N–H and O–H groups in total. The average molecular weight is 464 g/mol. The van der Waals surface area contributed by atoms with Crippen molar-refractivity contribution >= 4 is 16.1 Å². The predicted octanol–water partition coefficient (Wildman–Crippen LogP) is 2.04. The van der Waals surface area contributed by atoms with E-state index in [0.29, 0.717) is 5.56 Å². The predicted molar refractivity (Wildman–Crippen MR) is 111 cm³/mol. The highest BCUT2D eigenvalue weighted by Gasteiger charge is 2.54. The molecule has 172 valence electrons. The van der Waals surface area contributed by atoms with E-state index in [-0.39, 0.29) is 6.61 Å². The molecule has 2 saturated heterocycles. The van der Waals surface area contributed by atoms with Gasteiger partial charge in [-0.1, -0.05) is 48.5 Å². The van der Waals surface area contributed by atoms with Crippen LogP contribution in [0.4, 0.5) is 0 Å². The van der Waals surface area contributed by atoms with Gasteiger partial charge < -0.3 is 23.7 Å². The molecule has 0 amide bonds. The molecule has 0 saturated carbocycles. The lowest BCUT2D eigenvalue weighted by Gasteiger charge is -2.47. The lowest BCUT2D eigenvalue weighted by molar-refractivity contribution is -0.353. The van der Waals surface area contributed by atoms with E-state index < -0.39 is 53.1 Å². The normalized spacial score (nSPS) is 30.3. The molecule has 2 heterocycles. The topological polar surface area (TPSA) is 107 Å². The van der Waals surface area contributed by atoms with E-state index in [9.17, 15) is 13.2 Å². The Bertz CT molecular complexity index is 1010. The van der Waals surface area contributed by atoms with Gasteiger partial charge in [-0.3, -0.25) is 4.18 Å². The fourth-order valence-corrected chi connectivity index (χ4v) is 4.32. The van der Waals surface area contributed by atoms with Crippen LogP contribution in [-0.2, 0) is 38.0 Å². The molecule has 0 aromatic heterocycles. The van der Waals surface area contributed by atoms with E-state index in [4.69, 9.17) is 27.9 Å². The molecule has 6 unspecified atom stereocenters. The number of methoxy groups -OCH3 is 1. The van der Waals surface area contributed by atoms with E-state index in [0.717, 1.165) is 11.8 Å². The Morgan fingerprint density at radius 3 is 2.25 bits per heavy atom. The molecule has 10 heteroatoms. The van der Waals surface area contributed by atoms with E-state index in [1.54, 1.807) is 30.3 Å². The smallest absolute Gasteiger partial charge is 0.338 e. The minimum Gasteiger partial charge on any atom is -0.453 e. The Hall–Kier alpha value is -2.34. The molecule has 2 aromatic rings. The van der Waals surface area contributed by atoms with Crippen LogP contribution in [0.5, 0.6) is 0 Å². The molecule has 6 atom stereocenters. The molecule has 2 aromatic carbocycles. The van der Waals surface area contributed by atoms with Crippen molar-refractivity contribution < 1.29 is 41.1 Å². The van der Waals surface area contributed by atoms with E-state index in [1.165, 1.54) is 7.11 Å². The molecular formula is C22H24O9S. The van der Waals surface area contributed by atoms with Crippen molar-refractivity contribution in [2.24, 2.45) is 0 Å². The van der Waals surface area contributed by atoms with Gasteiger partial charge in [0.1, 0.15) is 12.2 Å². The Kier molecular flexibility index (Phi) is 6.89. The molecule has 0 spiro atoms. The van der Waals surface area contributed by atoms with Gasteiger partial charge in [-0.05, 0) is 12.1 Å². The zero-order chi connectivity index (χ0) is 22.7. The van der Waals surface area contributed by atoms with Crippen LogP contribution in [0.3, 0.4) is 0 Å². The zero-order valence-corrected chi connectivity index (χ0v) is 18.3. The first kappa shape index (κ1) is 22.8. The molecule has 0 bridgehead atoms. The third-order valence-electron chi connectivity index (χ3n) is 5.13. The Morgan fingerprint density at radius 2 is 1.62 bits per heavy atom. The van der Waals surface area contributed by atoms with E-state index in [2.05, 4.69) is 0 Å². The highest BCUT2D eigenvalue weighted by molar-refractivity contribution is 7.86. The summed E-state index contributed by atoms with van der Waals surface area (Å²) in [6, 6.07) is 17.6. The van der Waals surface area contributed by atoms with Gasteiger partial charge in [0, 0.05) is 12.7 Å². The SMILES string of the molecule is COC1OC2COC(c3ccccc3)OC2C(OC(=O)c2ccccc2)C1OS(C)(=O)=O. The van der Waals surface area contributed by atoms with Gasteiger partial charge in [0.25, 0.3) is 10.1 Å².